The van der Waals surface area contributed by atoms with Crippen molar-refractivity contribution in [2.24, 2.45) is 5.92 Å². The molecule has 104 valence electrons. The Hall–Kier alpha value is -0.580. The van der Waals surface area contributed by atoms with Crippen molar-refractivity contribution in [2.45, 2.75) is 37.7 Å². The van der Waals surface area contributed by atoms with Crippen molar-refractivity contribution in [3.8, 4) is 0 Å². The van der Waals surface area contributed by atoms with Crippen molar-refractivity contribution in [3.63, 3.8) is 0 Å². The SMILES string of the molecule is O=C(c1sccc1Cl)N1CCC2(O)CCCCC2C1. The maximum Gasteiger partial charge on any atom is 0.265 e. The molecule has 1 aromatic rings. The van der Waals surface area contributed by atoms with Crippen LogP contribution in [0.15, 0.2) is 11.4 Å². The molecule has 1 aliphatic carbocycles. The maximum atomic E-state index is 12.4. The predicted molar refractivity (Wildman–Crippen MR) is 76.8 cm³/mol. The molecule has 19 heavy (non-hydrogen) atoms. The minimum atomic E-state index is -0.533. The fourth-order valence-corrected chi connectivity index (χ4v) is 4.45. The summed E-state index contributed by atoms with van der Waals surface area (Å²) in [4.78, 5) is 14.9. The zero-order valence-electron chi connectivity index (χ0n) is 10.8. The second kappa shape index (κ2) is 5.08. The first-order valence-corrected chi connectivity index (χ1v) is 8.10. The summed E-state index contributed by atoms with van der Waals surface area (Å²) in [6.45, 7) is 1.31. The molecule has 0 spiro atoms. The maximum absolute atomic E-state index is 12.4. The normalized spacial score (nSPS) is 31.1. The van der Waals surface area contributed by atoms with E-state index < -0.39 is 5.60 Å². The number of aliphatic hydroxyl groups is 1. The lowest BCUT2D eigenvalue weighted by Gasteiger charge is -2.47. The van der Waals surface area contributed by atoms with Crippen LogP contribution in [0, 0.1) is 5.92 Å². The Kier molecular flexibility index (Phi) is 3.58. The molecule has 3 rings (SSSR count). The summed E-state index contributed by atoms with van der Waals surface area (Å²) in [6.07, 6.45) is 4.89. The highest BCUT2D eigenvalue weighted by molar-refractivity contribution is 7.12. The van der Waals surface area contributed by atoms with Crippen molar-refractivity contribution >= 4 is 28.8 Å². The number of likely N-dealkylation sites (tertiary alicyclic amines) is 1. The van der Waals surface area contributed by atoms with E-state index in [1.165, 1.54) is 11.3 Å². The molecule has 0 radical (unpaired) electrons. The van der Waals surface area contributed by atoms with Gasteiger partial charge in [0.15, 0.2) is 0 Å². The molecule has 1 saturated carbocycles. The van der Waals surface area contributed by atoms with Gasteiger partial charge in [-0.2, -0.15) is 0 Å². The zero-order chi connectivity index (χ0) is 13.5. The number of carbonyl (C=O) groups excluding carboxylic acids is 1. The zero-order valence-corrected chi connectivity index (χ0v) is 12.3. The number of carbonyl (C=O) groups is 1. The van der Waals surface area contributed by atoms with Crippen molar-refractivity contribution in [2.75, 3.05) is 13.1 Å². The quantitative estimate of drug-likeness (QED) is 0.865. The standard InChI is InChI=1S/C14H18ClNO2S/c15-11-4-8-19-12(11)13(17)16-7-6-14(18)5-2-1-3-10(14)9-16/h4,8,10,18H,1-3,5-7,9H2. The molecule has 0 bridgehead atoms. The van der Waals surface area contributed by atoms with Crippen LogP contribution in [0.25, 0.3) is 0 Å². The number of thiophene rings is 1. The average molecular weight is 300 g/mol. The van der Waals surface area contributed by atoms with Crippen molar-refractivity contribution in [1.82, 2.24) is 4.90 Å². The van der Waals surface area contributed by atoms with Gasteiger partial charge in [0.25, 0.3) is 5.91 Å². The lowest BCUT2D eigenvalue weighted by molar-refractivity contribution is -0.0885. The molecule has 3 nitrogen and oxygen atoms in total. The molecule has 2 fully saturated rings. The average Bonchev–Trinajstić information content (AvgIpc) is 2.83. The molecule has 5 heteroatoms. The Morgan fingerprint density at radius 2 is 2.32 bits per heavy atom. The van der Waals surface area contributed by atoms with Gasteiger partial charge in [0.05, 0.1) is 10.6 Å². The molecule has 1 saturated heterocycles. The Morgan fingerprint density at radius 1 is 1.47 bits per heavy atom. The largest absolute Gasteiger partial charge is 0.389 e. The number of fused-ring (bicyclic) bond motifs is 1. The topological polar surface area (TPSA) is 40.5 Å². The van der Waals surface area contributed by atoms with E-state index in [1.54, 1.807) is 6.07 Å². The lowest BCUT2D eigenvalue weighted by Crippen LogP contribution is -2.54. The Bertz CT molecular complexity index is 490. The van der Waals surface area contributed by atoms with Crippen LogP contribution in [-0.2, 0) is 0 Å². The van der Waals surface area contributed by atoms with Crippen molar-refractivity contribution in [3.05, 3.63) is 21.3 Å². The fourth-order valence-electron chi connectivity index (χ4n) is 3.35. The lowest BCUT2D eigenvalue weighted by atomic mass is 9.71. The number of piperidine rings is 1. The summed E-state index contributed by atoms with van der Waals surface area (Å²) < 4.78 is 0. The van der Waals surface area contributed by atoms with E-state index in [-0.39, 0.29) is 11.8 Å². The predicted octanol–water partition coefficient (Wildman–Crippen LogP) is 3.17. The third-order valence-corrected chi connectivity index (χ3v) is 5.86. The highest BCUT2D eigenvalue weighted by Gasteiger charge is 2.44. The van der Waals surface area contributed by atoms with Gasteiger partial charge in [-0.15, -0.1) is 11.3 Å². The number of nitrogens with zero attached hydrogens (tertiary/aromatic N) is 1. The van der Waals surface area contributed by atoms with Crippen LogP contribution in [0.2, 0.25) is 5.02 Å². The summed E-state index contributed by atoms with van der Waals surface area (Å²) in [5, 5.41) is 13.0. The molecule has 1 amide bonds. The first-order valence-electron chi connectivity index (χ1n) is 6.85. The second-order valence-electron chi connectivity index (χ2n) is 5.65. The Morgan fingerprint density at radius 3 is 3.05 bits per heavy atom. The van der Waals surface area contributed by atoms with Gasteiger partial charge in [0.1, 0.15) is 4.88 Å². The van der Waals surface area contributed by atoms with Gasteiger partial charge in [-0.05, 0) is 30.7 Å². The number of hydrogen-bond acceptors (Lipinski definition) is 3. The third-order valence-electron chi connectivity index (χ3n) is 4.53. The van der Waals surface area contributed by atoms with E-state index in [1.807, 2.05) is 10.3 Å². The van der Waals surface area contributed by atoms with Gasteiger partial charge in [-0.1, -0.05) is 24.4 Å². The second-order valence-corrected chi connectivity index (χ2v) is 6.97. The van der Waals surface area contributed by atoms with E-state index in [4.69, 9.17) is 11.6 Å². The molecule has 2 atom stereocenters. The van der Waals surface area contributed by atoms with E-state index in [2.05, 4.69) is 0 Å². The summed E-state index contributed by atoms with van der Waals surface area (Å²) in [5.41, 5.74) is -0.533. The molecule has 2 aliphatic rings. The van der Waals surface area contributed by atoms with E-state index >= 15 is 0 Å². The van der Waals surface area contributed by atoms with Gasteiger partial charge in [-0.3, -0.25) is 4.79 Å². The molecule has 1 aliphatic heterocycles. The van der Waals surface area contributed by atoms with Crippen LogP contribution in [0.4, 0.5) is 0 Å². The number of hydrogen-bond donors (Lipinski definition) is 1. The number of halogens is 1. The van der Waals surface area contributed by atoms with Crippen LogP contribution in [0.5, 0.6) is 0 Å². The van der Waals surface area contributed by atoms with Gasteiger partial charge >= 0.3 is 0 Å². The highest BCUT2D eigenvalue weighted by atomic mass is 35.5. The molecule has 2 unspecified atom stereocenters. The Labute approximate surface area is 122 Å². The van der Waals surface area contributed by atoms with Gasteiger partial charge < -0.3 is 10.0 Å². The summed E-state index contributed by atoms with van der Waals surface area (Å²) in [6, 6.07) is 1.76. The van der Waals surface area contributed by atoms with Crippen LogP contribution >= 0.6 is 22.9 Å². The fraction of sp³-hybridized carbons (Fsp3) is 0.643. The molecular formula is C14H18ClNO2S. The monoisotopic (exact) mass is 299 g/mol. The molecular weight excluding hydrogens is 282 g/mol. The highest BCUT2D eigenvalue weighted by Crippen LogP contribution is 2.40. The summed E-state index contributed by atoms with van der Waals surface area (Å²) in [7, 11) is 0. The minimum absolute atomic E-state index is 0.0209. The molecule has 1 N–H and O–H groups in total. The van der Waals surface area contributed by atoms with Crippen molar-refractivity contribution in [1.29, 1.82) is 0 Å². The van der Waals surface area contributed by atoms with Crippen LogP contribution in [0.1, 0.15) is 41.8 Å². The van der Waals surface area contributed by atoms with Crippen LogP contribution in [0.3, 0.4) is 0 Å². The number of rotatable bonds is 1. The molecule has 0 aromatic carbocycles. The molecule has 1 aromatic heterocycles. The Balaban J connectivity index is 1.74. The van der Waals surface area contributed by atoms with E-state index in [9.17, 15) is 9.90 Å². The molecule has 2 heterocycles. The smallest absolute Gasteiger partial charge is 0.265 e. The van der Waals surface area contributed by atoms with Gasteiger partial charge in [0.2, 0.25) is 0 Å². The van der Waals surface area contributed by atoms with Crippen LogP contribution in [-0.4, -0.2) is 34.6 Å². The van der Waals surface area contributed by atoms with E-state index in [0.717, 1.165) is 25.7 Å². The summed E-state index contributed by atoms with van der Waals surface area (Å²) in [5.74, 6) is 0.255. The minimum Gasteiger partial charge on any atom is -0.389 e. The van der Waals surface area contributed by atoms with E-state index in [0.29, 0.717) is 29.4 Å². The van der Waals surface area contributed by atoms with Gasteiger partial charge in [0, 0.05) is 19.0 Å². The third kappa shape index (κ3) is 2.41. The first-order chi connectivity index (χ1) is 9.10. The van der Waals surface area contributed by atoms with Crippen LogP contribution < -0.4 is 0 Å². The van der Waals surface area contributed by atoms with Crippen molar-refractivity contribution < 1.29 is 9.90 Å². The first kappa shape index (κ1) is 13.4. The summed E-state index contributed by atoms with van der Waals surface area (Å²) >= 11 is 7.43. The number of amides is 1. The van der Waals surface area contributed by atoms with Gasteiger partial charge in [-0.25, -0.2) is 0 Å².